The fourth-order valence-corrected chi connectivity index (χ4v) is 6.08. The zero-order chi connectivity index (χ0) is 25.0. The molecule has 0 saturated heterocycles. The average molecular weight is 509 g/mol. The van der Waals surface area contributed by atoms with Gasteiger partial charge in [0.1, 0.15) is 10.6 Å². The van der Waals surface area contributed by atoms with E-state index < -0.39 is 15.9 Å². The smallest absolute Gasteiger partial charge is 0.268 e. The number of hydrogen-bond acceptors (Lipinski definition) is 6. The van der Waals surface area contributed by atoms with E-state index >= 15 is 0 Å². The number of fused-ring (bicyclic) bond motifs is 2. The second-order valence-corrected chi connectivity index (χ2v) is 11.7. The number of carbonyl (C=O) groups excluding carboxylic acids is 1. The van der Waals surface area contributed by atoms with E-state index in [-0.39, 0.29) is 21.6 Å². The van der Waals surface area contributed by atoms with Gasteiger partial charge in [0.05, 0.1) is 12.8 Å². The van der Waals surface area contributed by atoms with E-state index in [4.69, 9.17) is 4.74 Å². The summed E-state index contributed by atoms with van der Waals surface area (Å²) in [6.45, 7) is 5.96. The molecule has 1 N–H and O–H groups in total. The molecule has 35 heavy (non-hydrogen) atoms. The number of sulfonamides is 1. The molecule has 0 fully saturated rings. The van der Waals surface area contributed by atoms with Crippen LogP contribution in [0.2, 0.25) is 0 Å². The highest BCUT2D eigenvalue weighted by molar-refractivity contribution is 7.90. The minimum Gasteiger partial charge on any atom is -0.495 e. The molecule has 0 atom stereocenters. The predicted octanol–water partition coefficient (Wildman–Crippen LogP) is 4.76. The van der Waals surface area contributed by atoms with Gasteiger partial charge >= 0.3 is 0 Å². The molecule has 3 aromatic heterocycles. The minimum atomic E-state index is -4.17. The van der Waals surface area contributed by atoms with Crippen molar-refractivity contribution in [2.24, 2.45) is 0 Å². The predicted molar refractivity (Wildman–Crippen MR) is 136 cm³/mol. The van der Waals surface area contributed by atoms with Crippen LogP contribution in [0.1, 0.15) is 36.7 Å². The van der Waals surface area contributed by atoms with E-state index in [9.17, 15) is 13.2 Å². The molecular formula is C25H24N4O4S2. The normalized spacial score (nSPS) is 12.3. The molecule has 0 spiro atoms. The van der Waals surface area contributed by atoms with Gasteiger partial charge in [0.15, 0.2) is 0 Å². The summed E-state index contributed by atoms with van der Waals surface area (Å²) in [7, 11) is -2.77. The third-order valence-electron chi connectivity index (χ3n) is 5.86. The molecule has 5 rings (SSSR count). The van der Waals surface area contributed by atoms with Crippen molar-refractivity contribution in [1.82, 2.24) is 18.7 Å². The first-order valence-corrected chi connectivity index (χ1v) is 13.2. The summed E-state index contributed by atoms with van der Waals surface area (Å²) in [5.41, 5.74) is 1.73. The van der Waals surface area contributed by atoms with Crippen molar-refractivity contribution in [1.29, 1.82) is 0 Å². The molecular weight excluding hydrogens is 484 g/mol. The first-order valence-electron chi connectivity index (χ1n) is 10.9. The maximum Gasteiger partial charge on any atom is 0.268 e. The minimum absolute atomic E-state index is 0.0726. The molecule has 3 heterocycles. The quantitative estimate of drug-likeness (QED) is 0.369. The highest BCUT2D eigenvalue weighted by Crippen LogP contribution is 2.32. The lowest BCUT2D eigenvalue weighted by atomic mass is 9.87. The number of nitrogens with zero attached hydrogens (tertiary/aromatic N) is 3. The van der Waals surface area contributed by atoms with E-state index in [1.807, 2.05) is 65.8 Å². The number of carbonyl (C=O) groups is 1. The molecule has 0 bridgehead atoms. The van der Waals surface area contributed by atoms with Gasteiger partial charge in [-0.2, -0.15) is 0 Å². The highest BCUT2D eigenvalue weighted by Gasteiger charge is 2.26. The Kier molecular flexibility index (Phi) is 5.45. The van der Waals surface area contributed by atoms with Gasteiger partial charge in [0.2, 0.25) is 5.78 Å². The molecule has 0 aliphatic rings. The Hall–Kier alpha value is -3.63. The number of thiophene rings is 1. The third kappa shape index (κ3) is 4.08. The lowest BCUT2D eigenvalue weighted by Crippen LogP contribution is -2.31. The Bertz CT molecular complexity index is 1690. The Balaban J connectivity index is 1.47. The van der Waals surface area contributed by atoms with Gasteiger partial charge in [-0.1, -0.05) is 32.9 Å². The van der Waals surface area contributed by atoms with Crippen LogP contribution in [-0.2, 0) is 15.4 Å². The largest absolute Gasteiger partial charge is 0.495 e. The first kappa shape index (κ1) is 23.1. The van der Waals surface area contributed by atoms with Crippen molar-refractivity contribution in [3.05, 3.63) is 77.7 Å². The molecule has 0 aliphatic heterocycles. The van der Waals surface area contributed by atoms with E-state index in [1.54, 1.807) is 30.5 Å². The van der Waals surface area contributed by atoms with Gasteiger partial charge in [-0.25, -0.2) is 18.1 Å². The monoisotopic (exact) mass is 508 g/mol. The molecule has 0 radical (unpaired) electrons. The van der Waals surface area contributed by atoms with Crippen molar-refractivity contribution in [2.45, 2.75) is 31.1 Å². The van der Waals surface area contributed by atoms with Crippen LogP contribution in [0.5, 0.6) is 5.75 Å². The van der Waals surface area contributed by atoms with Crippen LogP contribution in [0.4, 0.5) is 0 Å². The number of aromatic nitrogens is 3. The highest BCUT2D eigenvalue weighted by atomic mass is 32.2. The molecule has 180 valence electrons. The number of hydrogen-bond donors (Lipinski definition) is 1. The maximum absolute atomic E-state index is 13.2. The SMILES string of the molecule is COc1ccc(C(C)(C)C)cc1S(=O)(=O)NC(=O)c1ccc2c(-n3ccn4ccnc34)csc2c1. The fraction of sp³-hybridized carbons (Fsp3) is 0.200. The van der Waals surface area contributed by atoms with Crippen molar-refractivity contribution in [2.75, 3.05) is 7.11 Å². The number of benzene rings is 2. The molecule has 8 nitrogen and oxygen atoms in total. The Morgan fingerprint density at radius 2 is 1.89 bits per heavy atom. The zero-order valence-electron chi connectivity index (χ0n) is 19.6. The van der Waals surface area contributed by atoms with Crippen molar-refractivity contribution in [3.8, 4) is 11.4 Å². The lowest BCUT2D eigenvalue weighted by Gasteiger charge is -2.21. The number of nitrogens with one attached hydrogen (secondary N) is 1. The van der Waals surface area contributed by atoms with Gasteiger partial charge in [-0.3, -0.25) is 13.8 Å². The van der Waals surface area contributed by atoms with Gasteiger partial charge in [-0.15, -0.1) is 11.3 Å². The molecule has 1 amide bonds. The third-order valence-corrected chi connectivity index (χ3v) is 8.15. The summed E-state index contributed by atoms with van der Waals surface area (Å²) >= 11 is 1.47. The summed E-state index contributed by atoms with van der Waals surface area (Å²) in [6, 6.07) is 10.1. The topological polar surface area (TPSA) is 94.7 Å². The van der Waals surface area contributed by atoms with Crippen molar-refractivity contribution < 1.29 is 17.9 Å². The summed E-state index contributed by atoms with van der Waals surface area (Å²) in [5, 5.41) is 2.93. The fourth-order valence-electron chi connectivity index (χ4n) is 3.93. The van der Waals surface area contributed by atoms with Crippen LogP contribution in [0.15, 0.2) is 71.5 Å². The second kappa shape index (κ2) is 8.24. The van der Waals surface area contributed by atoms with E-state index in [0.29, 0.717) is 0 Å². The molecule has 2 aromatic carbocycles. The molecule has 5 aromatic rings. The first-order chi connectivity index (χ1) is 16.6. The Morgan fingerprint density at radius 1 is 1.09 bits per heavy atom. The molecule has 0 unspecified atom stereocenters. The summed E-state index contributed by atoms with van der Waals surface area (Å²) in [4.78, 5) is 17.3. The van der Waals surface area contributed by atoms with Gasteiger partial charge in [0.25, 0.3) is 15.9 Å². The molecule has 0 aliphatic carbocycles. The number of methoxy groups -OCH3 is 1. The lowest BCUT2D eigenvalue weighted by molar-refractivity contribution is 0.0981. The second-order valence-electron chi connectivity index (χ2n) is 9.18. The van der Waals surface area contributed by atoms with Gasteiger partial charge in [0, 0.05) is 45.8 Å². The summed E-state index contributed by atoms with van der Waals surface area (Å²) < 4.78 is 38.6. The van der Waals surface area contributed by atoms with Crippen LogP contribution >= 0.6 is 11.3 Å². The number of amides is 1. The van der Waals surface area contributed by atoms with Crippen LogP contribution in [0.25, 0.3) is 21.6 Å². The van der Waals surface area contributed by atoms with E-state index in [1.165, 1.54) is 18.4 Å². The molecule has 10 heteroatoms. The maximum atomic E-state index is 13.2. The summed E-state index contributed by atoms with van der Waals surface area (Å²) in [5.74, 6) is 0.249. The van der Waals surface area contributed by atoms with Crippen LogP contribution < -0.4 is 9.46 Å². The van der Waals surface area contributed by atoms with Crippen molar-refractivity contribution >= 4 is 43.1 Å². The van der Waals surface area contributed by atoms with E-state index in [2.05, 4.69) is 9.71 Å². The van der Waals surface area contributed by atoms with E-state index in [0.717, 1.165) is 27.1 Å². The summed E-state index contributed by atoms with van der Waals surface area (Å²) in [6.07, 6.45) is 7.45. The average Bonchev–Trinajstić information content (AvgIpc) is 3.53. The van der Waals surface area contributed by atoms with Gasteiger partial charge in [-0.05, 0) is 35.2 Å². The van der Waals surface area contributed by atoms with Crippen LogP contribution in [0, 0.1) is 0 Å². The van der Waals surface area contributed by atoms with Crippen molar-refractivity contribution in [3.63, 3.8) is 0 Å². The Morgan fingerprint density at radius 3 is 2.63 bits per heavy atom. The van der Waals surface area contributed by atoms with Gasteiger partial charge < -0.3 is 4.74 Å². The number of imidazole rings is 2. The zero-order valence-corrected chi connectivity index (χ0v) is 21.3. The van der Waals surface area contributed by atoms with Crippen LogP contribution in [-0.4, -0.2) is 35.4 Å². The number of rotatable bonds is 5. The number of ether oxygens (including phenoxy) is 1. The van der Waals surface area contributed by atoms with Crippen LogP contribution in [0.3, 0.4) is 0 Å². The molecule has 0 saturated carbocycles. The standard InChI is InChI=1S/C25H24N4O4S2/c1-25(2,3)17-6-8-20(33-4)22(14-17)35(31,32)27-23(30)16-5-7-18-19(15-34-21(18)13-16)29-12-11-28-10-9-26-24(28)29/h5-15H,1-4H3,(H,27,30). The Labute approximate surface area is 206 Å².